The number of nitrogens with two attached hydrogens (primary N) is 1. The maximum atomic E-state index is 12.7. The van der Waals surface area contributed by atoms with Crippen LogP contribution in [-0.4, -0.2) is 9.38 Å². The van der Waals surface area contributed by atoms with Gasteiger partial charge in [-0.05, 0) is 12.0 Å². The van der Waals surface area contributed by atoms with E-state index in [1.54, 1.807) is 0 Å². The minimum atomic E-state index is -4.47. The van der Waals surface area contributed by atoms with Crippen LogP contribution in [0.1, 0.15) is 31.0 Å². The minimum absolute atomic E-state index is 0.00954. The Morgan fingerprint density at radius 1 is 1.39 bits per heavy atom. The summed E-state index contributed by atoms with van der Waals surface area (Å²) in [5.74, 6) is 0.198. The second-order valence-electron chi connectivity index (χ2n) is 4.31. The summed E-state index contributed by atoms with van der Waals surface area (Å²) in [5.41, 5.74) is 5.73. The molecule has 2 aromatic heterocycles. The third-order valence-corrected chi connectivity index (χ3v) is 2.89. The van der Waals surface area contributed by atoms with Gasteiger partial charge in [-0.25, -0.2) is 4.98 Å². The smallest absolute Gasteiger partial charge is 0.383 e. The number of nitrogens with zero attached hydrogens (tertiary/aromatic N) is 2. The minimum Gasteiger partial charge on any atom is -0.383 e. The molecule has 0 saturated carbocycles. The average Bonchev–Trinajstić information content (AvgIpc) is 2.56. The summed E-state index contributed by atoms with van der Waals surface area (Å²) in [5, 5.41) is -0.0663. The van der Waals surface area contributed by atoms with Gasteiger partial charge in [0.1, 0.15) is 5.82 Å². The van der Waals surface area contributed by atoms with E-state index in [0.717, 1.165) is 12.3 Å². The lowest BCUT2D eigenvalue weighted by Crippen LogP contribution is -2.07. The van der Waals surface area contributed by atoms with Crippen molar-refractivity contribution < 1.29 is 13.2 Å². The fourth-order valence-electron chi connectivity index (χ4n) is 1.72. The first kappa shape index (κ1) is 13.0. The number of imidazole rings is 1. The van der Waals surface area contributed by atoms with Gasteiger partial charge in [0.05, 0.1) is 16.3 Å². The van der Waals surface area contributed by atoms with Crippen molar-refractivity contribution in [2.24, 2.45) is 0 Å². The van der Waals surface area contributed by atoms with Gasteiger partial charge in [0.25, 0.3) is 0 Å². The molecule has 0 spiro atoms. The third kappa shape index (κ3) is 2.01. The number of rotatable bonds is 1. The van der Waals surface area contributed by atoms with E-state index in [0.29, 0.717) is 5.69 Å². The zero-order valence-electron chi connectivity index (χ0n) is 9.72. The number of aromatic nitrogens is 2. The molecule has 0 aliphatic carbocycles. The van der Waals surface area contributed by atoms with E-state index < -0.39 is 11.7 Å². The number of pyridine rings is 1. The van der Waals surface area contributed by atoms with Crippen LogP contribution in [-0.2, 0) is 6.18 Å². The molecule has 0 amide bonds. The zero-order chi connectivity index (χ0) is 13.7. The van der Waals surface area contributed by atoms with Crippen molar-refractivity contribution in [1.82, 2.24) is 9.38 Å². The van der Waals surface area contributed by atoms with E-state index in [2.05, 4.69) is 4.98 Å². The molecule has 0 unspecified atom stereocenters. The molecule has 0 fully saturated rings. The molecule has 18 heavy (non-hydrogen) atoms. The molecule has 0 aliphatic rings. The second-order valence-corrected chi connectivity index (χ2v) is 4.71. The lowest BCUT2D eigenvalue weighted by Gasteiger charge is -2.08. The number of fused-ring (bicyclic) bond motifs is 1. The Balaban J connectivity index is 2.76. The standard InChI is InChI=1S/C11H11ClF3N3/c1-5(2)8-9(16)18-4-6(11(13,14)15)3-7(12)10(18)17-8/h3-5H,16H2,1-2H3. The van der Waals surface area contributed by atoms with E-state index in [4.69, 9.17) is 17.3 Å². The molecule has 2 rings (SSSR count). The first-order valence-corrected chi connectivity index (χ1v) is 5.63. The summed E-state index contributed by atoms with van der Waals surface area (Å²) in [6.07, 6.45) is -3.55. The summed E-state index contributed by atoms with van der Waals surface area (Å²) in [6.45, 7) is 3.72. The van der Waals surface area contributed by atoms with Gasteiger partial charge < -0.3 is 5.73 Å². The lowest BCUT2D eigenvalue weighted by atomic mass is 10.1. The predicted molar refractivity (Wildman–Crippen MR) is 63.7 cm³/mol. The molecule has 0 atom stereocenters. The van der Waals surface area contributed by atoms with Gasteiger partial charge in [0.2, 0.25) is 0 Å². The number of halogens is 4. The topological polar surface area (TPSA) is 43.3 Å². The second kappa shape index (κ2) is 4.05. The van der Waals surface area contributed by atoms with E-state index in [1.165, 1.54) is 4.40 Å². The summed E-state index contributed by atoms with van der Waals surface area (Å²) in [6, 6.07) is 0.855. The molecule has 2 aromatic rings. The third-order valence-electron chi connectivity index (χ3n) is 2.61. The highest BCUT2D eigenvalue weighted by Gasteiger charge is 2.32. The van der Waals surface area contributed by atoms with E-state index in [1.807, 2.05) is 13.8 Å². The number of anilines is 1. The highest BCUT2D eigenvalue weighted by atomic mass is 35.5. The van der Waals surface area contributed by atoms with Gasteiger partial charge in [-0.1, -0.05) is 25.4 Å². The maximum Gasteiger partial charge on any atom is 0.417 e. The van der Waals surface area contributed by atoms with Crippen LogP contribution in [0.5, 0.6) is 0 Å². The van der Waals surface area contributed by atoms with E-state index in [9.17, 15) is 13.2 Å². The van der Waals surface area contributed by atoms with Gasteiger partial charge in [-0.3, -0.25) is 4.40 Å². The van der Waals surface area contributed by atoms with Crippen LogP contribution >= 0.6 is 11.6 Å². The summed E-state index contributed by atoms with van der Waals surface area (Å²) >= 11 is 5.82. The van der Waals surface area contributed by atoms with Crippen LogP contribution in [0.15, 0.2) is 12.3 Å². The molecule has 0 aromatic carbocycles. The Hall–Kier alpha value is -1.43. The number of hydrogen-bond acceptors (Lipinski definition) is 2. The first-order valence-electron chi connectivity index (χ1n) is 5.26. The maximum absolute atomic E-state index is 12.7. The van der Waals surface area contributed by atoms with Gasteiger partial charge in [-0.15, -0.1) is 0 Å². The largest absolute Gasteiger partial charge is 0.417 e. The summed E-state index contributed by atoms with van der Waals surface area (Å²) < 4.78 is 39.2. The van der Waals surface area contributed by atoms with Crippen molar-refractivity contribution >= 4 is 23.1 Å². The molecular weight excluding hydrogens is 267 g/mol. The van der Waals surface area contributed by atoms with Crippen LogP contribution in [0, 0.1) is 0 Å². The monoisotopic (exact) mass is 277 g/mol. The molecule has 0 saturated heterocycles. The van der Waals surface area contributed by atoms with Gasteiger partial charge in [0.15, 0.2) is 5.65 Å². The van der Waals surface area contributed by atoms with Gasteiger partial charge in [-0.2, -0.15) is 13.2 Å². The Morgan fingerprint density at radius 2 is 2.00 bits per heavy atom. The molecule has 98 valence electrons. The van der Waals surface area contributed by atoms with Crippen LogP contribution in [0.4, 0.5) is 19.0 Å². The van der Waals surface area contributed by atoms with Crippen LogP contribution < -0.4 is 5.73 Å². The van der Waals surface area contributed by atoms with Crippen molar-refractivity contribution in [3.63, 3.8) is 0 Å². The summed E-state index contributed by atoms with van der Waals surface area (Å²) in [4.78, 5) is 4.17. The lowest BCUT2D eigenvalue weighted by molar-refractivity contribution is -0.137. The molecule has 0 aliphatic heterocycles. The SMILES string of the molecule is CC(C)c1nc2c(Cl)cc(C(F)(F)F)cn2c1N. The van der Waals surface area contributed by atoms with Crippen molar-refractivity contribution in [3.8, 4) is 0 Å². The van der Waals surface area contributed by atoms with Crippen molar-refractivity contribution in [2.45, 2.75) is 25.9 Å². The van der Waals surface area contributed by atoms with Crippen LogP contribution in [0.25, 0.3) is 5.65 Å². The molecule has 3 nitrogen and oxygen atoms in total. The highest BCUT2D eigenvalue weighted by Crippen LogP contribution is 2.34. The van der Waals surface area contributed by atoms with Crippen LogP contribution in [0.3, 0.4) is 0 Å². The van der Waals surface area contributed by atoms with E-state index in [-0.39, 0.29) is 22.4 Å². The Labute approximate surface area is 106 Å². The van der Waals surface area contributed by atoms with Crippen LogP contribution in [0.2, 0.25) is 5.02 Å². The molecule has 7 heteroatoms. The fraction of sp³-hybridized carbons (Fsp3) is 0.364. The first-order chi connectivity index (χ1) is 8.21. The number of nitrogen functional groups attached to an aromatic ring is 1. The van der Waals surface area contributed by atoms with Crippen molar-refractivity contribution in [2.75, 3.05) is 5.73 Å². The van der Waals surface area contributed by atoms with Crippen molar-refractivity contribution in [1.29, 1.82) is 0 Å². The average molecular weight is 278 g/mol. The van der Waals surface area contributed by atoms with Gasteiger partial charge in [0, 0.05) is 6.20 Å². The predicted octanol–water partition coefficient (Wildman–Crippen LogP) is 3.71. The Morgan fingerprint density at radius 3 is 2.50 bits per heavy atom. The molecule has 0 bridgehead atoms. The Kier molecular flexibility index (Phi) is 2.93. The summed E-state index contributed by atoms with van der Waals surface area (Å²) in [7, 11) is 0. The molecular formula is C11H11ClF3N3. The fourth-order valence-corrected chi connectivity index (χ4v) is 1.97. The zero-order valence-corrected chi connectivity index (χ0v) is 10.5. The quantitative estimate of drug-likeness (QED) is 0.863. The van der Waals surface area contributed by atoms with Crippen molar-refractivity contribution in [3.05, 3.63) is 28.5 Å². The molecule has 2 N–H and O–H groups in total. The van der Waals surface area contributed by atoms with E-state index >= 15 is 0 Å². The normalized spacial score (nSPS) is 12.6. The molecule has 2 heterocycles. The molecule has 0 radical (unpaired) electrons. The Bertz CT molecular complexity index is 602. The number of hydrogen-bond donors (Lipinski definition) is 1. The highest BCUT2D eigenvalue weighted by molar-refractivity contribution is 6.33. The van der Waals surface area contributed by atoms with Gasteiger partial charge >= 0.3 is 6.18 Å². The number of alkyl halides is 3.